The SMILES string of the molecule is COCO[C@H]1C[C@@H](/C=C/CCC[C@H](C)O)[C@H](C(=O)/C=C/C(=O)O)C1. The van der Waals surface area contributed by atoms with Gasteiger partial charge in [0.2, 0.25) is 0 Å². The molecule has 2 N–H and O–H groups in total. The number of hydrogen-bond donors (Lipinski definition) is 2. The van der Waals surface area contributed by atoms with Gasteiger partial charge in [-0.15, -0.1) is 0 Å². The molecule has 6 heteroatoms. The highest BCUT2D eigenvalue weighted by atomic mass is 16.7. The molecule has 0 aromatic heterocycles. The summed E-state index contributed by atoms with van der Waals surface area (Å²) in [6.45, 7) is 1.95. The maximum Gasteiger partial charge on any atom is 0.328 e. The highest BCUT2D eigenvalue weighted by Crippen LogP contribution is 2.36. The molecule has 1 saturated carbocycles. The number of carboxylic acids is 1. The van der Waals surface area contributed by atoms with E-state index >= 15 is 0 Å². The highest BCUT2D eigenvalue weighted by molar-refractivity contribution is 5.97. The van der Waals surface area contributed by atoms with E-state index in [1.54, 1.807) is 14.0 Å². The number of carboxylic acid groups (broad SMARTS) is 1. The molecular formula is C18H28O6. The van der Waals surface area contributed by atoms with E-state index in [2.05, 4.69) is 0 Å². The van der Waals surface area contributed by atoms with Crippen LogP contribution in [0.4, 0.5) is 0 Å². The molecule has 0 amide bonds. The molecular weight excluding hydrogens is 312 g/mol. The van der Waals surface area contributed by atoms with Gasteiger partial charge in [0, 0.05) is 19.1 Å². The summed E-state index contributed by atoms with van der Waals surface area (Å²) in [5, 5.41) is 17.9. The van der Waals surface area contributed by atoms with Crippen molar-refractivity contribution in [1.82, 2.24) is 0 Å². The molecule has 0 spiro atoms. The lowest BCUT2D eigenvalue weighted by atomic mass is 9.91. The zero-order valence-electron chi connectivity index (χ0n) is 14.4. The Morgan fingerprint density at radius 2 is 2.04 bits per heavy atom. The lowest BCUT2D eigenvalue weighted by molar-refractivity contribution is -0.131. The van der Waals surface area contributed by atoms with E-state index in [0.29, 0.717) is 12.8 Å². The number of methoxy groups -OCH3 is 1. The Balaban J connectivity index is 2.62. The van der Waals surface area contributed by atoms with Crippen LogP contribution in [0.1, 0.15) is 39.0 Å². The number of unbranched alkanes of at least 4 members (excludes halogenated alkanes) is 1. The van der Waals surface area contributed by atoms with Crippen molar-refractivity contribution < 1.29 is 29.3 Å². The molecule has 1 aliphatic carbocycles. The minimum atomic E-state index is -1.13. The van der Waals surface area contributed by atoms with E-state index in [1.165, 1.54) is 0 Å². The zero-order valence-corrected chi connectivity index (χ0v) is 14.4. The summed E-state index contributed by atoms with van der Waals surface area (Å²) in [6.07, 6.45) is 9.48. The minimum absolute atomic E-state index is 0.0318. The van der Waals surface area contributed by atoms with Crippen LogP contribution >= 0.6 is 0 Å². The maximum atomic E-state index is 12.3. The number of aliphatic hydroxyl groups is 1. The molecule has 0 aromatic carbocycles. The van der Waals surface area contributed by atoms with E-state index in [9.17, 15) is 14.7 Å². The summed E-state index contributed by atoms with van der Waals surface area (Å²) < 4.78 is 10.5. The molecule has 24 heavy (non-hydrogen) atoms. The van der Waals surface area contributed by atoms with Gasteiger partial charge in [0.25, 0.3) is 0 Å². The first-order chi connectivity index (χ1) is 11.4. The Morgan fingerprint density at radius 3 is 2.67 bits per heavy atom. The third-order valence-corrected chi connectivity index (χ3v) is 4.12. The number of carbonyl (C=O) groups excluding carboxylic acids is 1. The topological polar surface area (TPSA) is 93.1 Å². The van der Waals surface area contributed by atoms with Gasteiger partial charge in [-0.3, -0.25) is 4.79 Å². The van der Waals surface area contributed by atoms with Crippen molar-refractivity contribution in [3.8, 4) is 0 Å². The molecule has 0 aliphatic heterocycles. The molecule has 0 radical (unpaired) electrons. The molecule has 6 nitrogen and oxygen atoms in total. The Hall–Kier alpha value is -1.50. The number of ether oxygens (including phenoxy) is 2. The summed E-state index contributed by atoms with van der Waals surface area (Å²) in [4.78, 5) is 22.8. The molecule has 0 aromatic rings. The highest BCUT2D eigenvalue weighted by Gasteiger charge is 2.36. The monoisotopic (exact) mass is 340 g/mol. The predicted octanol–water partition coefficient (Wildman–Crippen LogP) is 2.32. The number of aliphatic hydroxyl groups excluding tert-OH is 1. The predicted molar refractivity (Wildman–Crippen MR) is 89.4 cm³/mol. The van der Waals surface area contributed by atoms with Crippen molar-refractivity contribution in [3.05, 3.63) is 24.3 Å². The van der Waals surface area contributed by atoms with Crippen LogP contribution in [0.15, 0.2) is 24.3 Å². The van der Waals surface area contributed by atoms with Crippen LogP contribution < -0.4 is 0 Å². The summed E-state index contributed by atoms with van der Waals surface area (Å²) in [5.74, 6) is -1.54. The summed E-state index contributed by atoms with van der Waals surface area (Å²) >= 11 is 0. The van der Waals surface area contributed by atoms with Crippen molar-refractivity contribution in [2.45, 2.75) is 51.2 Å². The zero-order chi connectivity index (χ0) is 17.9. The number of rotatable bonds is 11. The largest absolute Gasteiger partial charge is 0.478 e. The van der Waals surface area contributed by atoms with Crippen molar-refractivity contribution in [3.63, 3.8) is 0 Å². The Bertz CT molecular complexity index is 454. The summed E-state index contributed by atoms with van der Waals surface area (Å²) in [7, 11) is 1.55. The van der Waals surface area contributed by atoms with Crippen LogP contribution in [0.2, 0.25) is 0 Å². The average Bonchev–Trinajstić information content (AvgIpc) is 2.93. The van der Waals surface area contributed by atoms with Gasteiger partial charge in [0.15, 0.2) is 5.78 Å². The average molecular weight is 340 g/mol. The van der Waals surface area contributed by atoms with Gasteiger partial charge in [-0.2, -0.15) is 0 Å². The molecule has 1 aliphatic rings. The van der Waals surface area contributed by atoms with Crippen LogP contribution in [-0.4, -0.2) is 48.1 Å². The summed E-state index contributed by atoms with van der Waals surface area (Å²) in [6, 6.07) is 0. The first-order valence-electron chi connectivity index (χ1n) is 8.34. The Kier molecular flexibility index (Phi) is 9.52. The number of ketones is 1. The van der Waals surface area contributed by atoms with Gasteiger partial charge < -0.3 is 19.7 Å². The number of allylic oxidation sites excluding steroid dienone is 3. The van der Waals surface area contributed by atoms with Gasteiger partial charge in [-0.25, -0.2) is 4.79 Å². The molecule has 136 valence electrons. The fraction of sp³-hybridized carbons (Fsp3) is 0.667. The summed E-state index contributed by atoms with van der Waals surface area (Å²) in [5.41, 5.74) is 0. The Morgan fingerprint density at radius 1 is 1.29 bits per heavy atom. The number of aliphatic carboxylic acids is 1. The normalized spacial score (nSPS) is 25.5. The quantitative estimate of drug-likeness (QED) is 0.259. The van der Waals surface area contributed by atoms with Gasteiger partial charge in [-0.1, -0.05) is 12.2 Å². The fourth-order valence-electron chi connectivity index (χ4n) is 2.94. The lowest BCUT2D eigenvalue weighted by Crippen LogP contribution is -2.16. The van der Waals surface area contributed by atoms with Crippen LogP contribution in [0, 0.1) is 11.8 Å². The van der Waals surface area contributed by atoms with Gasteiger partial charge in [0.1, 0.15) is 6.79 Å². The number of carbonyl (C=O) groups is 2. The van der Waals surface area contributed by atoms with Crippen molar-refractivity contribution >= 4 is 11.8 Å². The first kappa shape index (κ1) is 20.5. The molecule has 0 unspecified atom stereocenters. The second kappa shape index (κ2) is 11.1. The lowest BCUT2D eigenvalue weighted by Gasteiger charge is -2.12. The van der Waals surface area contributed by atoms with Gasteiger partial charge in [0.05, 0.1) is 12.2 Å². The van der Waals surface area contributed by atoms with Crippen molar-refractivity contribution in [2.75, 3.05) is 13.9 Å². The Labute approximate surface area is 143 Å². The third kappa shape index (κ3) is 7.86. The van der Waals surface area contributed by atoms with Crippen LogP contribution in [0.3, 0.4) is 0 Å². The molecule has 1 fully saturated rings. The second-order valence-corrected chi connectivity index (χ2v) is 6.22. The maximum absolute atomic E-state index is 12.3. The molecule has 0 bridgehead atoms. The van der Waals surface area contributed by atoms with Gasteiger partial charge >= 0.3 is 5.97 Å². The first-order valence-corrected chi connectivity index (χ1v) is 8.34. The van der Waals surface area contributed by atoms with E-state index < -0.39 is 5.97 Å². The molecule has 0 heterocycles. The molecule has 4 atom stereocenters. The molecule has 0 saturated heterocycles. The molecule has 1 rings (SSSR count). The van der Waals surface area contributed by atoms with E-state index in [1.807, 2.05) is 12.2 Å². The standard InChI is InChI=1S/C18H28O6/c1-13(19)6-4-3-5-7-14-10-15(24-12-23-2)11-16(14)17(20)8-9-18(21)22/h5,7-9,13-16,19H,3-4,6,10-12H2,1-2H3,(H,21,22)/b7-5+,9-8+/t13-,14+,15-,16+/m0/s1. The van der Waals surface area contributed by atoms with E-state index in [4.69, 9.17) is 14.6 Å². The van der Waals surface area contributed by atoms with Crippen molar-refractivity contribution in [2.24, 2.45) is 11.8 Å². The minimum Gasteiger partial charge on any atom is -0.478 e. The number of hydrogen-bond acceptors (Lipinski definition) is 5. The fourth-order valence-corrected chi connectivity index (χ4v) is 2.94. The van der Waals surface area contributed by atoms with E-state index in [0.717, 1.165) is 31.4 Å². The van der Waals surface area contributed by atoms with Crippen LogP contribution in [0.5, 0.6) is 0 Å². The van der Waals surface area contributed by atoms with Crippen LogP contribution in [0.25, 0.3) is 0 Å². The second-order valence-electron chi connectivity index (χ2n) is 6.22. The third-order valence-electron chi connectivity index (χ3n) is 4.12. The van der Waals surface area contributed by atoms with E-state index in [-0.39, 0.29) is 36.6 Å². The van der Waals surface area contributed by atoms with Crippen molar-refractivity contribution in [1.29, 1.82) is 0 Å². The smallest absolute Gasteiger partial charge is 0.328 e. The van der Waals surface area contributed by atoms with Gasteiger partial charge in [-0.05, 0) is 51.0 Å². The van der Waals surface area contributed by atoms with Crippen LogP contribution in [-0.2, 0) is 19.1 Å².